The van der Waals surface area contributed by atoms with Gasteiger partial charge in [-0.05, 0) is 64.2 Å². The first-order chi connectivity index (χ1) is 41.5. The summed E-state index contributed by atoms with van der Waals surface area (Å²) in [6.07, 6.45) is 95.3. The van der Waals surface area contributed by atoms with Gasteiger partial charge in [0, 0.05) is 12.8 Å². The van der Waals surface area contributed by atoms with Crippen LogP contribution in [0.4, 0.5) is 0 Å². The van der Waals surface area contributed by atoms with E-state index >= 15 is 0 Å². The lowest BCUT2D eigenvalue weighted by Crippen LogP contribution is -2.45. The fraction of sp³-hybridized carbons (Fsp3) is 0.897. The molecular formula is C78H149NO5. The summed E-state index contributed by atoms with van der Waals surface area (Å²) in [4.78, 5) is 24.6. The first-order valence-corrected chi connectivity index (χ1v) is 38.3. The quantitative estimate of drug-likeness (QED) is 0.0320. The number of unbranched alkanes of at least 4 members (excludes halogenated alkanes) is 57. The Morgan fingerprint density at radius 2 is 0.595 bits per heavy atom. The van der Waals surface area contributed by atoms with E-state index in [0.29, 0.717) is 19.4 Å². The van der Waals surface area contributed by atoms with Crippen molar-refractivity contribution in [3.63, 3.8) is 0 Å². The van der Waals surface area contributed by atoms with Gasteiger partial charge in [-0.15, -0.1) is 0 Å². The Morgan fingerprint density at radius 3 is 0.917 bits per heavy atom. The summed E-state index contributed by atoms with van der Waals surface area (Å²) in [7, 11) is 0. The van der Waals surface area contributed by atoms with Crippen LogP contribution in [0.1, 0.15) is 425 Å². The normalized spacial score (nSPS) is 12.7. The number of hydrogen-bond donors (Lipinski definition) is 3. The van der Waals surface area contributed by atoms with Crippen molar-refractivity contribution in [3.05, 3.63) is 36.5 Å². The Balaban J connectivity index is 3.39. The number of nitrogens with one attached hydrogen (secondary N) is 1. The van der Waals surface area contributed by atoms with Gasteiger partial charge in [0.05, 0.1) is 25.4 Å². The van der Waals surface area contributed by atoms with Crippen LogP contribution < -0.4 is 5.32 Å². The van der Waals surface area contributed by atoms with E-state index in [1.54, 1.807) is 6.08 Å². The molecule has 496 valence electrons. The molecule has 2 unspecified atom stereocenters. The third kappa shape index (κ3) is 69.2. The molecule has 0 spiro atoms. The predicted molar refractivity (Wildman–Crippen MR) is 370 cm³/mol. The van der Waals surface area contributed by atoms with Gasteiger partial charge in [-0.2, -0.15) is 0 Å². The third-order valence-corrected chi connectivity index (χ3v) is 17.9. The Morgan fingerprint density at radius 1 is 0.333 bits per heavy atom. The molecule has 2 atom stereocenters. The van der Waals surface area contributed by atoms with Crippen LogP contribution in [-0.2, 0) is 14.3 Å². The van der Waals surface area contributed by atoms with Crippen molar-refractivity contribution in [2.75, 3.05) is 13.2 Å². The number of aliphatic hydroxyl groups excluding tert-OH is 2. The van der Waals surface area contributed by atoms with Crippen molar-refractivity contribution in [1.82, 2.24) is 5.32 Å². The zero-order valence-corrected chi connectivity index (χ0v) is 56.9. The maximum atomic E-state index is 12.6. The fourth-order valence-corrected chi connectivity index (χ4v) is 12.1. The van der Waals surface area contributed by atoms with Gasteiger partial charge in [0.2, 0.25) is 5.91 Å². The van der Waals surface area contributed by atoms with Gasteiger partial charge >= 0.3 is 5.97 Å². The highest BCUT2D eigenvalue weighted by atomic mass is 16.5. The molecule has 0 bridgehead atoms. The van der Waals surface area contributed by atoms with Crippen molar-refractivity contribution in [2.24, 2.45) is 0 Å². The minimum Gasteiger partial charge on any atom is -0.466 e. The molecule has 3 N–H and O–H groups in total. The lowest BCUT2D eigenvalue weighted by Gasteiger charge is -2.20. The van der Waals surface area contributed by atoms with E-state index in [-0.39, 0.29) is 18.5 Å². The average molecular weight is 1180 g/mol. The second kappa shape index (κ2) is 73.5. The van der Waals surface area contributed by atoms with Crippen molar-refractivity contribution in [2.45, 2.75) is 437 Å². The molecule has 0 saturated carbocycles. The van der Waals surface area contributed by atoms with E-state index in [4.69, 9.17) is 4.74 Å². The van der Waals surface area contributed by atoms with Crippen LogP contribution in [-0.4, -0.2) is 47.4 Å². The van der Waals surface area contributed by atoms with Crippen LogP contribution in [0.25, 0.3) is 0 Å². The molecule has 0 heterocycles. The molecule has 0 saturated heterocycles. The second-order valence-electron chi connectivity index (χ2n) is 26.3. The Labute approximate surface area is 525 Å². The predicted octanol–water partition coefficient (Wildman–Crippen LogP) is 25.0. The van der Waals surface area contributed by atoms with E-state index in [0.717, 1.165) is 51.4 Å². The smallest absolute Gasteiger partial charge is 0.305 e. The minimum absolute atomic E-state index is 0.00415. The summed E-state index contributed by atoms with van der Waals surface area (Å²) in [6.45, 7) is 4.92. The molecule has 0 aromatic rings. The van der Waals surface area contributed by atoms with Gasteiger partial charge in [-0.3, -0.25) is 9.59 Å². The van der Waals surface area contributed by atoms with Crippen LogP contribution in [0.15, 0.2) is 36.5 Å². The lowest BCUT2D eigenvalue weighted by molar-refractivity contribution is -0.143. The number of allylic oxidation sites excluding steroid dienone is 5. The van der Waals surface area contributed by atoms with Crippen molar-refractivity contribution >= 4 is 11.9 Å². The van der Waals surface area contributed by atoms with Gasteiger partial charge in [-0.25, -0.2) is 0 Å². The molecule has 0 aliphatic rings. The van der Waals surface area contributed by atoms with E-state index in [2.05, 4.69) is 43.5 Å². The SMILES string of the molecule is CCCCCC/C=C\C/C=C\CCCCCCCC(=O)OCCCCCCCCCCCCCCCCCCCCCCCCCCCCC(=O)NC(CO)C(O)/C=C/CCCCCCCCCCCCCCCCCCCCCCCCC. The van der Waals surface area contributed by atoms with Crippen molar-refractivity contribution in [1.29, 1.82) is 0 Å². The van der Waals surface area contributed by atoms with Crippen LogP contribution in [0.2, 0.25) is 0 Å². The summed E-state index contributed by atoms with van der Waals surface area (Å²) in [5.74, 6) is -0.0569. The van der Waals surface area contributed by atoms with Crippen LogP contribution in [0.3, 0.4) is 0 Å². The fourth-order valence-electron chi connectivity index (χ4n) is 12.1. The molecule has 6 nitrogen and oxygen atoms in total. The molecule has 1 amide bonds. The van der Waals surface area contributed by atoms with E-state index < -0.39 is 12.1 Å². The number of aliphatic hydroxyl groups is 2. The number of carbonyl (C=O) groups is 2. The van der Waals surface area contributed by atoms with Crippen LogP contribution >= 0.6 is 0 Å². The third-order valence-electron chi connectivity index (χ3n) is 17.9. The minimum atomic E-state index is -0.845. The molecule has 0 aromatic heterocycles. The summed E-state index contributed by atoms with van der Waals surface area (Å²) in [5.41, 5.74) is 0. The zero-order valence-electron chi connectivity index (χ0n) is 56.9. The van der Waals surface area contributed by atoms with Crippen molar-refractivity contribution < 1.29 is 24.5 Å². The lowest BCUT2D eigenvalue weighted by atomic mass is 10.0. The topological polar surface area (TPSA) is 95.9 Å². The van der Waals surface area contributed by atoms with E-state index in [1.807, 2.05) is 6.08 Å². The number of esters is 1. The standard InChI is InChI=1S/C78H149NO5/c1-3-5-7-9-11-13-15-17-19-21-22-23-24-27-30-33-36-39-42-46-50-54-58-62-66-70-76(81)75(74-80)79-77(82)71-67-63-59-55-51-47-43-40-37-34-31-28-25-26-29-32-35-38-41-45-49-53-57-61-65-69-73-84-78(83)72-68-64-60-56-52-48-44-20-18-16-14-12-10-8-6-4-2/h14,16,20,44,66,70,75-76,80-81H,3-13,15,17-19,21-43,45-65,67-69,71-74H2,1-2H3,(H,79,82)/b16-14-,44-20-,70-66+. The highest BCUT2D eigenvalue weighted by molar-refractivity contribution is 5.76. The van der Waals surface area contributed by atoms with Gasteiger partial charge in [0.25, 0.3) is 0 Å². The number of rotatable bonds is 72. The van der Waals surface area contributed by atoms with Crippen molar-refractivity contribution in [3.8, 4) is 0 Å². The Bertz CT molecular complexity index is 1360. The summed E-state index contributed by atoms with van der Waals surface area (Å²) < 4.78 is 5.49. The Kier molecular flexibility index (Phi) is 71.9. The average Bonchev–Trinajstić information content (AvgIpc) is 3.51. The molecule has 0 aliphatic carbocycles. The number of hydrogen-bond acceptors (Lipinski definition) is 5. The highest BCUT2D eigenvalue weighted by Crippen LogP contribution is 2.19. The molecule has 0 radical (unpaired) electrons. The zero-order chi connectivity index (χ0) is 60.6. The van der Waals surface area contributed by atoms with Gasteiger partial charge < -0.3 is 20.3 Å². The number of ether oxygens (including phenoxy) is 1. The van der Waals surface area contributed by atoms with Crippen LogP contribution in [0.5, 0.6) is 0 Å². The first kappa shape index (κ1) is 82.1. The number of carbonyl (C=O) groups excluding carboxylic acids is 2. The van der Waals surface area contributed by atoms with Gasteiger partial charge in [0.15, 0.2) is 0 Å². The number of amides is 1. The summed E-state index contributed by atoms with van der Waals surface area (Å²) in [5, 5.41) is 23.3. The summed E-state index contributed by atoms with van der Waals surface area (Å²) in [6, 6.07) is -0.628. The molecule has 0 aliphatic heterocycles. The molecule has 0 fully saturated rings. The Hall–Kier alpha value is -1.92. The molecule has 84 heavy (non-hydrogen) atoms. The molecular weight excluding hydrogens is 1030 g/mol. The highest BCUT2D eigenvalue weighted by Gasteiger charge is 2.18. The van der Waals surface area contributed by atoms with Gasteiger partial charge in [-0.1, -0.05) is 384 Å². The van der Waals surface area contributed by atoms with E-state index in [9.17, 15) is 19.8 Å². The van der Waals surface area contributed by atoms with Crippen LogP contribution in [0, 0.1) is 0 Å². The van der Waals surface area contributed by atoms with Gasteiger partial charge in [0.1, 0.15) is 0 Å². The molecule has 0 aromatic carbocycles. The maximum absolute atomic E-state index is 12.6. The largest absolute Gasteiger partial charge is 0.466 e. The first-order valence-electron chi connectivity index (χ1n) is 38.3. The molecule has 6 heteroatoms. The maximum Gasteiger partial charge on any atom is 0.305 e. The monoisotopic (exact) mass is 1180 g/mol. The summed E-state index contributed by atoms with van der Waals surface area (Å²) >= 11 is 0. The van der Waals surface area contributed by atoms with E-state index in [1.165, 1.54) is 347 Å². The molecule has 0 rings (SSSR count). The second-order valence-corrected chi connectivity index (χ2v) is 26.3.